The van der Waals surface area contributed by atoms with Crippen molar-refractivity contribution in [3.63, 3.8) is 0 Å². The number of hydrogen-bond acceptors (Lipinski definition) is 2. The Labute approximate surface area is 77.6 Å². The van der Waals surface area contributed by atoms with E-state index in [2.05, 4.69) is 0 Å². The summed E-state index contributed by atoms with van der Waals surface area (Å²) in [5.41, 5.74) is 0. The van der Waals surface area contributed by atoms with E-state index >= 15 is 0 Å². The third-order valence-corrected chi connectivity index (χ3v) is 2.19. The molecule has 0 aliphatic rings. The fourth-order valence-electron chi connectivity index (χ4n) is 1.50. The molecule has 0 radical (unpaired) electrons. The molecule has 0 fully saturated rings. The quantitative estimate of drug-likeness (QED) is 0.684. The van der Waals surface area contributed by atoms with Gasteiger partial charge in [-0.15, -0.1) is 0 Å². The van der Waals surface area contributed by atoms with Gasteiger partial charge in [0.25, 0.3) is 0 Å². The van der Waals surface area contributed by atoms with Crippen LogP contribution in [-0.2, 0) is 9.59 Å². The lowest BCUT2D eigenvalue weighted by atomic mass is 9.82. The third-order valence-electron chi connectivity index (χ3n) is 2.19. The standard InChI is InChI=1S/C9H16O4/c1-4-6(8(10)11)7(5(2)3)9(12)13/h5-7H,4H2,1-3H3,(H,10,11)(H,12,13). The minimum Gasteiger partial charge on any atom is -0.481 e. The van der Waals surface area contributed by atoms with E-state index in [9.17, 15) is 9.59 Å². The molecule has 0 aromatic heterocycles. The molecule has 4 nitrogen and oxygen atoms in total. The molecule has 0 spiro atoms. The molecule has 0 aliphatic heterocycles. The molecule has 0 aromatic rings. The van der Waals surface area contributed by atoms with E-state index in [0.717, 1.165) is 0 Å². The number of aliphatic carboxylic acids is 2. The highest BCUT2D eigenvalue weighted by Crippen LogP contribution is 2.24. The average molecular weight is 188 g/mol. The fourth-order valence-corrected chi connectivity index (χ4v) is 1.50. The van der Waals surface area contributed by atoms with Crippen molar-refractivity contribution in [3.8, 4) is 0 Å². The second-order valence-electron chi connectivity index (χ2n) is 3.46. The van der Waals surface area contributed by atoms with Crippen molar-refractivity contribution in [2.75, 3.05) is 0 Å². The van der Waals surface area contributed by atoms with Gasteiger partial charge in [0.1, 0.15) is 0 Å². The minimum atomic E-state index is -1.02. The number of carbonyl (C=O) groups is 2. The maximum Gasteiger partial charge on any atom is 0.307 e. The normalized spacial score (nSPS) is 15.4. The summed E-state index contributed by atoms with van der Waals surface area (Å²) in [5.74, 6) is -3.77. The van der Waals surface area contributed by atoms with Crippen LogP contribution in [0.2, 0.25) is 0 Å². The van der Waals surface area contributed by atoms with Gasteiger partial charge in [-0.05, 0) is 12.3 Å². The molecule has 0 heterocycles. The first-order valence-electron chi connectivity index (χ1n) is 4.37. The molecule has 2 atom stereocenters. The molecule has 0 bridgehead atoms. The highest BCUT2D eigenvalue weighted by atomic mass is 16.4. The Kier molecular flexibility index (Phi) is 4.45. The van der Waals surface area contributed by atoms with Crippen molar-refractivity contribution in [1.82, 2.24) is 0 Å². The van der Waals surface area contributed by atoms with Crippen LogP contribution >= 0.6 is 0 Å². The van der Waals surface area contributed by atoms with Gasteiger partial charge in [-0.2, -0.15) is 0 Å². The lowest BCUT2D eigenvalue weighted by Crippen LogP contribution is -2.33. The first-order chi connectivity index (χ1) is 5.91. The molecule has 0 aromatic carbocycles. The van der Waals surface area contributed by atoms with Crippen molar-refractivity contribution in [3.05, 3.63) is 0 Å². The summed E-state index contributed by atoms with van der Waals surface area (Å²) in [6.45, 7) is 5.14. The molecule has 13 heavy (non-hydrogen) atoms. The molecule has 0 amide bonds. The Morgan fingerprint density at radius 2 is 1.62 bits per heavy atom. The van der Waals surface area contributed by atoms with E-state index in [1.807, 2.05) is 0 Å². The molecular weight excluding hydrogens is 172 g/mol. The summed E-state index contributed by atoms with van der Waals surface area (Å²) in [7, 11) is 0. The Morgan fingerprint density at radius 1 is 1.15 bits per heavy atom. The molecule has 0 rings (SSSR count). The van der Waals surface area contributed by atoms with Gasteiger partial charge in [-0.25, -0.2) is 0 Å². The van der Waals surface area contributed by atoms with Crippen molar-refractivity contribution >= 4 is 11.9 Å². The van der Waals surface area contributed by atoms with Crippen LogP contribution in [0, 0.1) is 17.8 Å². The van der Waals surface area contributed by atoms with Crippen molar-refractivity contribution < 1.29 is 19.8 Å². The van der Waals surface area contributed by atoms with E-state index in [1.165, 1.54) is 0 Å². The Hall–Kier alpha value is -1.06. The lowest BCUT2D eigenvalue weighted by molar-refractivity contribution is -0.155. The predicted octanol–water partition coefficient (Wildman–Crippen LogP) is 1.45. The zero-order valence-corrected chi connectivity index (χ0v) is 8.15. The summed E-state index contributed by atoms with van der Waals surface area (Å²) in [5, 5.41) is 17.6. The molecular formula is C9H16O4. The molecule has 2 unspecified atom stereocenters. The molecule has 76 valence electrons. The van der Waals surface area contributed by atoms with Gasteiger partial charge in [0.2, 0.25) is 0 Å². The van der Waals surface area contributed by atoms with Crippen molar-refractivity contribution in [2.45, 2.75) is 27.2 Å². The first-order valence-corrected chi connectivity index (χ1v) is 4.37. The lowest BCUT2D eigenvalue weighted by Gasteiger charge is -2.21. The number of carboxylic acids is 2. The van der Waals surface area contributed by atoms with Gasteiger partial charge in [0, 0.05) is 0 Å². The smallest absolute Gasteiger partial charge is 0.307 e. The van der Waals surface area contributed by atoms with Crippen LogP contribution in [0.4, 0.5) is 0 Å². The van der Waals surface area contributed by atoms with Crippen LogP contribution in [0.15, 0.2) is 0 Å². The summed E-state index contributed by atoms with van der Waals surface area (Å²) in [6, 6.07) is 0. The third kappa shape index (κ3) is 3.05. The monoisotopic (exact) mass is 188 g/mol. The largest absolute Gasteiger partial charge is 0.481 e. The van der Waals surface area contributed by atoms with Crippen molar-refractivity contribution in [1.29, 1.82) is 0 Å². The summed E-state index contributed by atoms with van der Waals surface area (Å²) < 4.78 is 0. The minimum absolute atomic E-state index is 0.154. The SMILES string of the molecule is CCC(C(=O)O)C(C(=O)O)C(C)C. The zero-order valence-electron chi connectivity index (χ0n) is 8.15. The summed E-state index contributed by atoms with van der Waals surface area (Å²) in [6.07, 6.45) is 0.352. The van der Waals surface area contributed by atoms with Crippen LogP contribution in [0.1, 0.15) is 27.2 Å². The van der Waals surface area contributed by atoms with Crippen molar-refractivity contribution in [2.24, 2.45) is 17.8 Å². The average Bonchev–Trinajstić information content (AvgIpc) is 1.97. The van der Waals surface area contributed by atoms with Gasteiger partial charge < -0.3 is 10.2 Å². The van der Waals surface area contributed by atoms with E-state index in [1.54, 1.807) is 20.8 Å². The Bertz CT molecular complexity index is 198. The second-order valence-corrected chi connectivity index (χ2v) is 3.46. The van der Waals surface area contributed by atoms with Crippen LogP contribution < -0.4 is 0 Å². The predicted molar refractivity (Wildman–Crippen MR) is 47.4 cm³/mol. The molecule has 2 N–H and O–H groups in total. The maximum atomic E-state index is 10.8. The zero-order chi connectivity index (χ0) is 10.6. The summed E-state index contributed by atoms with van der Waals surface area (Å²) in [4.78, 5) is 21.5. The van der Waals surface area contributed by atoms with E-state index in [0.29, 0.717) is 6.42 Å². The van der Waals surface area contributed by atoms with Gasteiger partial charge in [-0.3, -0.25) is 9.59 Å². The topological polar surface area (TPSA) is 74.6 Å². The fraction of sp³-hybridized carbons (Fsp3) is 0.778. The van der Waals surface area contributed by atoms with Gasteiger partial charge in [0.05, 0.1) is 11.8 Å². The Balaban J connectivity index is 4.69. The van der Waals surface area contributed by atoms with Crippen LogP contribution in [0.5, 0.6) is 0 Å². The van der Waals surface area contributed by atoms with E-state index in [4.69, 9.17) is 10.2 Å². The second kappa shape index (κ2) is 4.84. The van der Waals surface area contributed by atoms with Crippen LogP contribution in [0.25, 0.3) is 0 Å². The molecule has 0 saturated carbocycles. The van der Waals surface area contributed by atoms with Gasteiger partial charge in [0.15, 0.2) is 0 Å². The summed E-state index contributed by atoms with van der Waals surface area (Å²) >= 11 is 0. The number of hydrogen-bond donors (Lipinski definition) is 2. The Morgan fingerprint density at radius 3 is 1.69 bits per heavy atom. The van der Waals surface area contributed by atoms with Gasteiger partial charge >= 0.3 is 11.9 Å². The van der Waals surface area contributed by atoms with E-state index in [-0.39, 0.29) is 5.92 Å². The highest BCUT2D eigenvalue weighted by Gasteiger charge is 2.34. The number of carboxylic acid groups (broad SMARTS) is 2. The molecule has 0 aliphatic carbocycles. The molecule has 0 saturated heterocycles. The maximum absolute atomic E-state index is 10.8. The number of rotatable bonds is 5. The first kappa shape index (κ1) is 11.9. The van der Waals surface area contributed by atoms with Crippen LogP contribution in [0.3, 0.4) is 0 Å². The van der Waals surface area contributed by atoms with Crippen LogP contribution in [-0.4, -0.2) is 22.2 Å². The highest BCUT2D eigenvalue weighted by molar-refractivity contribution is 5.80. The molecule has 4 heteroatoms. The van der Waals surface area contributed by atoms with Gasteiger partial charge in [-0.1, -0.05) is 20.8 Å². The van der Waals surface area contributed by atoms with E-state index < -0.39 is 23.8 Å².